The maximum Gasteiger partial charge on any atom is 0.119 e. The molecule has 1 saturated heterocycles. The average Bonchev–Trinajstić information content (AvgIpc) is 3.33. The van der Waals surface area contributed by atoms with Crippen LogP contribution in [0, 0.1) is 0 Å². The molecule has 4 heteroatoms. The largest absolute Gasteiger partial charge is 0.492 e. The first-order valence-electron chi connectivity index (χ1n) is 8.46. The molecule has 0 saturated carbocycles. The van der Waals surface area contributed by atoms with Crippen LogP contribution >= 0.6 is 0 Å². The molecular formula is C20H21N3O. The van der Waals surface area contributed by atoms with Crippen LogP contribution < -0.4 is 10.1 Å². The van der Waals surface area contributed by atoms with E-state index in [2.05, 4.69) is 22.5 Å². The van der Waals surface area contributed by atoms with Crippen LogP contribution in [0.5, 0.6) is 5.75 Å². The van der Waals surface area contributed by atoms with Crippen molar-refractivity contribution in [3.05, 3.63) is 66.9 Å². The van der Waals surface area contributed by atoms with Crippen LogP contribution in [0.15, 0.2) is 66.9 Å². The van der Waals surface area contributed by atoms with Crippen LogP contribution in [0.4, 0.5) is 0 Å². The highest BCUT2D eigenvalue weighted by Crippen LogP contribution is 2.20. The minimum Gasteiger partial charge on any atom is -0.492 e. The molecule has 0 aliphatic carbocycles. The second kappa shape index (κ2) is 6.89. The topological polar surface area (TPSA) is 39.1 Å². The summed E-state index contributed by atoms with van der Waals surface area (Å²) in [4.78, 5) is 0. The van der Waals surface area contributed by atoms with E-state index < -0.39 is 0 Å². The van der Waals surface area contributed by atoms with Gasteiger partial charge in [0, 0.05) is 17.8 Å². The van der Waals surface area contributed by atoms with E-state index in [4.69, 9.17) is 4.74 Å². The molecule has 122 valence electrons. The monoisotopic (exact) mass is 319 g/mol. The summed E-state index contributed by atoms with van der Waals surface area (Å²) >= 11 is 0. The molecule has 2 heterocycles. The van der Waals surface area contributed by atoms with Gasteiger partial charge in [0.15, 0.2) is 0 Å². The Balaban J connectivity index is 1.44. The number of benzene rings is 2. The molecule has 4 rings (SSSR count). The predicted molar refractivity (Wildman–Crippen MR) is 95.5 cm³/mol. The average molecular weight is 319 g/mol. The van der Waals surface area contributed by atoms with Gasteiger partial charge in [0.2, 0.25) is 0 Å². The molecule has 1 N–H and O–H groups in total. The Bertz CT molecular complexity index is 774. The van der Waals surface area contributed by atoms with Gasteiger partial charge < -0.3 is 10.1 Å². The third-order valence-corrected chi connectivity index (χ3v) is 4.37. The van der Waals surface area contributed by atoms with E-state index in [1.807, 2.05) is 59.4 Å². The minimum absolute atomic E-state index is 0.490. The van der Waals surface area contributed by atoms with Crippen LogP contribution in [0.2, 0.25) is 0 Å². The first-order valence-corrected chi connectivity index (χ1v) is 8.46. The summed E-state index contributed by atoms with van der Waals surface area (Å²) in [5.74, 6) is 0.905. The van der Waals surface area contributed by atoms with Crippen LogP contribution in [0.25, 0.3) is 16.9 Å². The Morgan fingerprint density at radius 2 is 1.88 bits per heavy atom. The highest BCUT2D eigenvalue weighted by Gasteiger charge is 2.14. The lowest BCUT2D eigenvalue weighted by Gasteiger charge is -2.12. The maximum absolute atomic E-state index is 5.86. The number of nitrogens with zero attached hydrogens (tertiary/aromatic N) is 2. The molecule has 0 amide bonds. The third kappa shape index (κ3) is 3.34. The molecular weight excluding hydrogens is 298 g/mol. The summed E-state index contributed by atoms with van der Waals surface area (Å²) in [6.07, 6.45) is 4.43. The first kappa shape index (κ1) is 15.0. The smallest absolute Gasteiger partial charge is 0.119 e. The van der Waals surface area contributed by atoms with E-state index in [9.17, 15) is 0 Å². The Kier molecular flexibility index (Phi) is 4.30. The van der Waals surface area contributed by atoms with Gasteiger partial charge in [-0.25, -0.2) is 4.68 Å². The molecule has 1 aliphatic heterocycles. The summed E-state index contributed by atoms with van der Waals surface area (Å²) in [7, 11) is 0. The predicted octanol–water partition coefficient (Wildman–Crippen LogP) is 3.67. The lowest BCUT2D eigenvalue weighted by Crippen LogP contribution is -2.28. The van der Waals surface area contributed by atoms with Gasteiger partial charge >= 0.3 is 0 Å². The van der Waals surface area contributed by atoms with Crippen LogP contribution in [0.1, 0.15) is 12.8 Å². The summed E-state index contributed by atoms with van der Waals surface area (Å²) in [6, 6.07) is 20.8. The van der Waals surface area contributed by atoms with Crippen molar-refractivity contribution in [2.75, 3.05) is 13.2 Å². The second-order valence-electron chi connectivity index (χ2n) is 6.11. The van der Waals surface area contributed by atoms with Crippen molar-refractivity contribution in [3.8, 4) is 22.7 Å². The van der Waals surface area contributed by atoms with Gasteiger partial charge in [-0.2, -0.15) is 5.10 Å². The Labute approximate surface area is 142 Å². The number of aromatic nitrogens is 2. The molecule has 1 atom stereocenters. The maximum atomic E-state index is 5.86. The molecule has 0 bridgehead atoms. The fourth-order valence-electron chi connectivity index (χ4n) is 3.02. The summed E-state index contributed by atoms with van der Waals surface area (Å²) < 4.78 is 7.76. The second-order valence-corrected chi connectivity index (χ2v) is 6.11. The quantitative estimate of drug-likeness (QED) is 0.780. The third-order valence-electron chi connectivity index (χ3n) is 4.37. The zero-order chi connectivity index (χ0) is 16.2. The Morgan fingerprint density at radius 1 is 1.04 bits per heavy atom. The van der Waals surface area contributed by atoms with Crippen molar-refractivity contribution in [2.45, 2.75) is 18.9 Å². The molecule has 1 aliphatic rings. The van der Waals surface area contributed by atoms with Crippen molar-refractivity contribution in [1.82, 2.24) is 15.1 Å². The Morgan fingerprint density at radius 3 is 2.62 bits per heavy atom. The molecule has 0 unspecified atom stereocenters. The fraction of sp³-hybridized carbons (Fsp3) is 0.250. The number of nitrogens with one attached hydrogen (secondary N) is 1. The van der Waals surface area contributed by atoms with Crippen molar-refractivity contribution in [1.29, 1.82) is 0 Å². The summed E-state index contributed by atoms with van der Waals surface area (Å²) in [6.45, 7) is 1.84. The van der Waals surface area contributed by atoms with Gasteiger partial charge in [-0.15, -0.1) is 0 Å². The van der Waals surface area contributed by atoms with E-state index in [-0.39, 0.29) is 0 Å². The summed E-state index contributed by atoms with van der Waals surface area (Å²) in [5, 5.41) is 8.10. The van der Waals surface area contributed by atoms with Gasteiger partial charge in [0.05, 0.1) is 11.4 Å². The molecule has 1 fully saturated rings. The lowest BCUT2D eigenvalue weighted by molar-refractivity contribution is 0.277. The molecule has 0 radical (unpaired) electrons. The van der Waals surface area contributed by atoms with Gasteiger partial charge in [-0.3, -0.25) is 0 Å². The normalized spacial score (nSPS) is 17.1. The van der Waals surface area contributed by atoms with Gasteiger partial charge in [-0.05, 0) is 49.7 Å². The number of hydrogen-bond acceptors (Lipinski definition) is 3. The first-order chi connectivity index (χ1) is 11.9. The fourth-order valence-corrected chi connectivity index (χ4v) is 3.02. The number of ether oxygens (including phenoxy) is 1. The van der Waals surface area contributed by atoms with Crippen LogP contribution in [-0.4, -0.2) is 29.0 Å². The number of hydrogen-bond donors (Lipinski definition) is 1. The van der Waals surface area contributed by atoms with Gasteiger partial charge in [0.1, 0.15) is 12.4 Å². The standard InChI is InChI=1S/C20H21N3O/c1-2-5-16(6-3-1)20-12-14-23(22-20)18-8-10-19(11-9-18)24-15-17-7-4-13-21-17/h1-3,5-6,8-12,14,17,21H,4,7,13,15H2/t17-/m1/s1. The lowest BCUT2D eigenvalue weighted by atomic mass is 10.2. The van der Waals surface area contributed by atoms with E-state index in [1.54, 1.807) is 0 Å². The van der Waals surface area contributed by atoms with Crippen LogP contribution in [-0.2, 0) is 0 Å². The molecule has 4 nitrogen and oxygen atoms in total. The van der Waals surface area contributed by atoms with Crippen molar-refractivity contribution in [3.63, 3.8) is 0 Å². The SMILES string of the molecule is c1ccc(-c2ccn(-c3ccc(OC[C@H]4CCCN4)cc3)n2)cc1. The molecule has 0 spiro atoms. The highest BCUT2D eigenvalue weighted by molar-refractivity contribution is 5.58. The van der Waals surface area contributed by atoms with E-state index >= 15 is 0 Å². The molecule has 1 aromatic heterocycles. The minimum atomic E-state index is 0.490. The van der Waals surface area contributed by atoms with E-state index in [1.165, 1.54) is 12.8 Å². The van der Waals surface area contributed by atoms with Gasteiger partial charge in [0.25, 0.3) is 0 Å². The highest BCUT2D eigenvalue weighted by atomic mass is 16.5. The summed E-state index contributed by atoms with van der Waals surface area (Å²) in [5.41, 5.74) is 3.13. The number of rotatable bonds is 5. The zero-order valence-corrected chi connectivity index (χ0v) is 13.6. The van der Waals surface area contributed by atoms with E-state index in [0.717, 1.165) is 35.8 Å². The Hall–Kier alpha value is -2.59. The van der Waals surface area contributed by atoms with Crippen molar-refractivity contribution < 1.29 is 4.74 Å². The van der Waals surface area contributed by atoms with E-state index in [0.29, 0.717) is 6.04 Å². The van der Waals surface area contributed by atoms with Crippen molar-refractivity contribution in [2.24, 2.45) is 0 Å². The molecule has 24 heavy (non-hydrogen) atoms. The van der Waals surface area contributed by atoms with Crippen LogP contribution in [0.3, 0.4) is 0 Å². The van der Waals surface area contributed by atoms with Gasteiger partial charge in [-0.1, -0.05) is 30.3 Å². The zero-order valence-electron chi connectivity index (χ0n) is 13.6. The van der Waals surface area contributed by atoms with Crippen molar-refractivity contribution >= 4 is 0 Å². The molecule has 2 aromatic carbocycles. The molecule has 3 aromatic rings.